The molecule has 1 aromatic rings. The Morgan fingerprint density at radius 1 is 1.27 bits per heavy atom. The van der Waals surface area contributed by atoms with Crippen LogP contribution in [0.5, 0.6) is 0 Å². The van der Waals surface area contributed by atoms with E-state index in [9.17, 15) is 4.79 Å². The molecule has 0 aliphatic rings. The second-order valence-electron chi connectivity index (χ2n) is 2.58. The number of hydrogen-bond donors (Lipinski definition) is 1. The molecule has 0 saturated carbocycles. The molecule has 1 rings (SSSR count). The Morgan fingerprint density at radius 3 is 2.00 bits per heavy atom. The first-order chi connectivity index (χ1) is 5.04. The largest absolute Gasteiger partial charge is 0.466 e. The van der Waals surface area contributed by atoms with Crippen LogP contribution in [0.1, 0.15) is 27.4 Å². The molecule has 0 bridgehead atoms. The topological polar surface area (TPSA) is 56.2 Å². The fourth-order valence-corrected chi connectivity index (χ4v) is 1.16. The highest BCUT2D eigenvalue weighted by atomic mass is 16.3. The first-order valence-corrected chi connectivity index (χ1v) is 3.40. The Bertz CT molecular complexity index is 299. The van der Waals surface area contributed by atoms with Crippen molar-refractivity contribution < 1.29 is 9.21 Å². The molecular weight excluding hydrogens is 142 g/mol. The lowest BCUT2D eigenvalue weighted by molar-refractivity contribution is 0.0998. The van der Waals surface area contributed by atoms with Gasteiger partial charge in [-0.1, -0.05) is 0 Å². The normalized spacial score (nSPS) is 10.1. The van der Waals surface area contributed by atoms with Gasteiger partial charge in [-0.15, -0.1) is 0 Å². The molecule has 1 amide bonds. The van der Waals surface area contributed by atoms with Crippen molar-refractivity contribution in [2.75, 3.05) is 0 Å². The number of rotatable bonds is 1. The average molecular weight is 153 g/mol. The van der Waals surface area contributed by atoms with Gasteiger partial charge in [0.25, 0.3) is 5.91 Å². The molecule has 3 heteroatoms. The molecule has 60 valence electrons. The molecule has 0 spiro atoms. The molecule has 0 aromatic carbocycles. The summed E-state index contributed by atoms with van der Waals surface area (Å²) in [6.45, 7) is 5.38. The number of nitrogens with two attached hydrogens (primary N) is 1. The van der Waals surface area contributed by atoms with Gasteiger partial charge in [0, 0.05) is 5.56 Å². The van der Waals surface area contributed by atoms with E-state index in [4.69, 9.17) is 10.2 Å². The van der Waals surface area contributed by atoms with Gasteiger partial charge in [0.1, 0.15) is 11.5 Å². The summed E-state index contributed by atoms with van der Waals surface area (Å²) in [4.78, 5) is 10.8. The molecule has 0 fully saturated rings. The number of carbonyl (C=O) groups is 1. The van der Waals surface area contributed by atoms with Crippen LogP contribution in [0.3, 0.4) is 0 Å². The standard InChI is InChI=1S/C8H11NO2/c1-4-5(2)11-6(3)7(4)8(9)10/h1-3H3,(H2,9,10). The molecule has 0 aliphatic heterocycles. The van der Waals surface area contributed by atoms with Gasteiger partial charge in [0.2, 0.25) is 0 Å². The van der Waals surface area contributed by atoms with Crippen LogP contribution >= 0.6 is 0 Å². The second-order valence-corrected chi connectivity index (χ2v) is 2.58. The Morgan fingerprint density at radius 2 is 1.82 bits per heavy atom. The van der Waals surface area contributed by atoms with E-state index in [0.29, 0.717) is 11.3 Å². The van der Waals surface area contributed by atoms with E-state index in [0.717, 1.165) is 11.3 Å². The maximum atomic E-state index is 10.8. The van der Waals surface area contributed by atoms with E-state index < -0.39 is 5.91 Å². The zero-order valence-electron chi connectivity index (χ0n) is 6.89. The van der Waals surface area contributed by atoms with Crippen LogP contribution in [0.2, 0.25) is 0 Å². The van der Waals surface area contributed by atoms with Crippen LogP contribution < -0.4 is 5.73 Å². The summed E-state index contributed by atoms with van der Waals surface area (Å²) in [7, 11) is 0. The smallest absolute Gasteiger partial charge is 0.252 e. The molecule has 3 nitrogen and oxygen atoms in total. The molecular formula is C8H11NO2. The van der Waals surface area contributed by atoms with E-state index in [1.54, 1.807) is 6.92 Å². The number of furan rings is 1. The molecule has 0 atom stereocenters. The summed E-state index contributed by atoms with van der Waals surface area (Å²) in [6, 6.07) is 0. The molecule has 1 aromatic heterocycles. The van der Waals surface area contributed by atoms with E-state index in [1.165, 1.54) is 0 Å². The summed E-state index contributed by atoms with van der Waals surface area (Å²) in [5, 5.41) is 0. The van der Waals surface area contributed by atoms with Crippen LogP contribution in [0.25, 0.3) is 0 Å². The fourth-order valence-electron chi connectivity index (χ4n) is 1.16. The molecule has 11 heavy (non-hydrogen) atoms. The monoisotopic (exact) mass is 153 g/mol. The number of primary amides is 1. The molecule has 0 unspecified atom stereocenters. The first kappa shape index (κ1) is 7.85. The Balaban J connectivity index is 3.34. The quantitative estimate of drug-likeness (QED) is 0.661. The first-order valence-electron chi connectivity index (χ1n) is 3.40. The summed E-state index contributed by atoms with van der Waals surface area (Å²) in [6.07, 6.45) is 0. The van der Waals surface area contributed by atoms with Crippen molar-refractivity contribution in [1.82, 2.24) is 0 Å². The van der Waals surface area contributed by atoms with Gasteiger partial charge in [-0.25, -0.2) is 0 Å². The minimum Gasteiger partial charge on any atom is -0.466 e. The Labute approximate surface area is 65.2 Å². The number of hydrogen-bond acceptors (Lipinski definition) is 2. The lowest BCUT2D eigenvalue weighted by Gasteiger charge is -1.91. The maximum Gasteiger partial charge on any atom is 0.252 e. The van der Waals surface area contributed by atoms with Gasteiger partial charge < -0.3 is 10.2 Å². The van der Waals surface area contributed by atoms with E-state index in [-0.39, 0.29) is 0 Å². The van der Waals surface area contributed by atoms with Crippen LogP contribution in [-0.2, 0) is 0 Å². The van der Waals surface area contributed by atoms with Crippen LogP contribution in [0, 0.1) is 20.8 Å². The lowest BCUT2D eigenvalue weighted by atomic mass is 10.1. The van der Waals surface area contributed by atoms with Crippen LogP contribution in [0.4, 0.5) is 0 Å². The second kappa shape index (κ2) is 2.42. The van der Waals surface area contributed by atoms with Crippen molar-refractivity contribution in [3.05, 3.63) is 22.6 Å². The van der Waals surface area contributed by atoms with Crippen molar-refractivity contribution in [3.63, 3.8) is 0 Å². The number of carbonyl (C=O) groups excluding carboxylic acids is 1. The van der Waals surface area contributed by atoms with Crippen molar-refractivity contribution >= 4 is 5.91 Å². The molecule has 0 radical (unpaired) electrons. The summed E-state index contributed by atoms with van der Waals surface area (Å²) < 4.78 is 5.21. The van der Waals surface area contributed by atoms with Crippen molar-refractivity contribution in [1.29, 1.82) is 0 Å². The minimum absolute atomic E-state index is 0.420. The van der Waals surface area contributed by atoms with E-state index >= 15 is 0 Å². The minimum atomic E-state index is -0.420. The SMILES string of the molecule is Cc1oc(C)c(C(N)=O)c1C. The highest BCUT2D eigenvalue weighted by Gasteiger charge is 2.14. The third-order valence-corrected chi connectivity index (χ3v) is 1.81. The van der Waals surface area contributed by atoms with E-state index in [1.807, 2.05) is 13.8 Å². The highest BCUT2D eigenvalue weighted by Crippen LogP contribution is 2.19. The average Bonchev–Trinajstić information content (AvgIpc) is 2.07. The maximum absolute atomic E-state index is 10.8. The number of aryl methyl sites for hydroxylation is 2. The zero-order valence-corrected chi connectivity index (χ0v) is 6.89. The number of amides is 1. The highest BCUT2D eigenvalue weighted by molar-refractivity contribution is 5.95. The Kier molecular flexibility index (Phi) is 1.72. The fraction of sp³-hybridized carbons (Fsp3) is 0.375. The van der Waals surface area contributed by atoms with Gasteiger partial charge in [-0.2, -0.15) is 0 Å². The van der Waals surface area contributed by atoms with Gasteiger partial charge >= 0.3 is 0 Å². The van der Waals surface area contributed by atoms with Crippen molar-refractivity contribution in [2.24, 2.45) is 5.73 Å². The third kappa shape index (κ3) is 1.13. The summed E-state index contributed by atoms with van der Waals surface area (Å²) in [5.41, 5.74) is 6.49. The van der Waals surface area contributed by atoms with Crippen molar-refractivity contribution in [2.45, 2.75) is 20.8 Å². The van der Waals surface area contributed by atoms with E-state index in [2.05, 4.69) is 0 Å². The predicted octanol–water partition coefficient (Wildman–Crippen LogP) is 1.30. The summed E-state index contributed by atoms with van der Waals surface area (Å²) >= 11 is 0. The van der Waals surface area contributed by atoms with Gasteiger partial charge in [0.05, 0.1) is 5.56 Å². The van der Waals surface area contributed by atoms with Crippen LogP contribution in [-0.4, -0.2) is 5.91 Å². The van der Waals surface area contributed by atoms with Crippen LogP contribution in [0.15, 0.2) is 4.42 Å². The van der Waals surface area contributed by atoms with Gasteiger partial charge in [-0.05, 0) is 20.8 Å². The molecule has 2 N–H and O–H groups in total. The van der Waals surface area contributed by atoms with Gasteiger partial charge in [0.15, 0.2) is 0 Å². The Hall–Kier alpha value is -1.25. The molecule has 1 heterocycles. The predicted molar refractivity (Wildman–Crippen MR) is 41.4 cm³/mol. The molecule has 0 aliphatic carbocycles. The lowest BCUT2D eigenvalue weighted by Crippen LogP contribution is -2.12. The zero-order chi connectivity index (χ0) is 8.59. The van der Waals surface area contributed by atoms with Crippen molar-refractivity contribution in [3.8, 4) is 0 Å². The summed E-state index contributed by atoms with van der Waals surface area (Å²) in [5.74, 6) is 0.945. The third-order valence-electron chi connectivity index (χ3n) is 1.81. The van der Waals surface area contributed by atoms with Gasteiger partial charge in [-0.3, -0.25) is 4.79 Å². The molecule has 0 saturated heterocycles.